The summed E-state index contributed by atoms with van der Waals surface area (Å²) >= 11 is 0. The van der Waals surface area contributed by atoms with Gasteiger partial charge in [0.05, 0.1) is 5.69 Å². The van der Waals surface area contributed by atoms with E-state index in [1.165, 1.54) is 0 Å². The van der Waals surface area contributed by atoms with Crippen LogP contribution in [0, 0.1) is 11.3 Å². The van der Waals surface area contributed by atoms with Crippen LogP contribution in [0.25, 0.3) is 0 Å². The van der Waals surface area contributed by atoms with E-state index >= 15 is 0 Å². The van der Waals surface area contributed by atoms with Crippen molar-refractivity contribution >= 4 is 0 Å². The summed E-state index contributed by atoms with van der Waals surface area (Å²) in [6.07, 6.45) is 4.15. The molecule has 0 unspecified atom stereocenters. The summed E-state index contributed by atoms with van der Waals surface area (Å²) < 4.78 is 1.86. The van der Waals surface area contributed by atoms with Gasteiger partial charge < -0.3 is 0 Å². The first-order valence-electron chi connectivity index (χ1n) is 5.15. The lowest BCUT2D eigenvalue weighted by molar-refractivity contribution is 0.549. The Labute approximate surface area is 84.5 Å². The number of nitriles is 1. The quantitative estimate of drug-likeness (QED) is 0.716. The zero-order valence-electron chi connectivity index (χ0n) is 8.82. The highest BCUT2D eigenvalue weighted by Crippen LogP contribution is 2.09. The number of aryl methyl sites for hydroxylation is 1. The summed E-state index contributed by atoms with van der Waals surface area (Å²) in [4.78, 5) is 0. The summed E-state index contributed by atoms with van der Waals surface area (Å²) in [5.74, 6) is 0. The van der Waals surface area contributed by atoms with Gasteiger partial charge in [-0.2, -0.15) is 5.26 Å². The van der Waals surface area contributed by atoms with E-state index in [1.54, 1.807) is 0 Å². The summed E-state index contributed by atoms with van der Waals surface area (Å²) in [7, 11) is 0. The van der Waals surface area contributed by atoms with Crippen molar-refractivity contribution in [2.75, 3.05) is 0 Å². The van der Waals surface area contributed by atoms with Crippen LogP contribution in [0.5, 0.6) is 0 Å². The van der Waals surface area contributed by atoms with Crippen molar-refractivity contribution in [1.82, 2.24) is 15.0 Å². The molecule has 0 atom stereocenters. The Hall–Kier alpha value is -1.37. The van der Waals surface area contributed by atoms with E-state index < -0.39 is 0 Å². The maximum atomic E-state index is 8.83. The maximum Gasteiger partial charge on any atom is 0.185 e. The molecule has 0 aliphatic heterocycles. The van der Waals surface area contributed by atoms with Crippen molar-refractivity contribution in [3.05, 3.63) is 11.4 Å². The van der Waals surface area contributed by atoms with Crippen molar-refractivity contribution < 1.29 is 0 Å². The van der Waals surface area contributed by atoms with E-state index in [9.17, 15) is 0 Å². The highest BCUT2D eigenvalue weighted by molar-refractivity contribution is 5.24. The second-order valence-corrected chi connectivity index (χ2v) is 3.32. The molecule has 1 aromatic heterocycles. The molecule has 4 nitrogen and oxygen atoms in total. The first-order chi connectivity index (χ1) is 6.83. The molecule has 0 aliphatic rings. The zero-order valence-corrected chi connectivity index (χ0v) is 8.82. The lowest BCUT2D eigenvalue weighted by atomic mass is 10.1. The van der Waals surface area contributed by atoms with Crippen molar-refractivity contribution in [2.45, 2.75) is 46.1 Å². The summed E-state index contributed by atoms with van der Waals surface area (Å²) in [6, 6.07) is 2.09. The predicted molar refractivity (Wildman–Crippen MR) is 53.6 cm³/mol. The van der Waals surface area contributed by atoms with E-state index in [0.717, 1.165) is 37.9 Å². The van der Waals surface area contributed by atoms with Gasteiger partial charge in [0.1, 0.15) is 6.07 Å². The van der Waals surface area contributed by atoms with Gasteiger partial charge in [-0.3, -0.25) is 0 Å². The van der Waals surface area contributed by atoms with Crippen LogP contribution in [0.15, 0.2) is 0 Å². The fourth-order valence-electron chi connectivity index (χ4n) is 1.40. The highest BCUT2D eigenvalue weighted by Gasteiger charge is 2.10. The van der Waals surface area contributed by atoms with Gasteiger partial charge in [0, 0.05) is 6.54 Å². The molecule has 0 saturated heterocycles. The van der Waals surface area contributed by atoms with E-state index in [1.807, 2.05) is 4.68 Å². The number of aromatic nitrogens is 3. The van der Waals surface area contributed by atoms with E-state index in [-0.39, 0.29) is 0 Å². The topological polar surface area (TPSA) is 54.5 Å². The number of nitrogens with zero attached hydrogens (tertiary/aromatic N) is 4. The minimum absolute atomic E-state index is 0.493. The SMILES string of the molecule is CCCCc1c(C#N)nnn1CCC. The molecule has 0 aliphatic carbocycles. The van der Waals surface area contributed by atoms with Crippen LogP contribution in [-0.4, -0.2) is 15.0 Å². The van der Waals surface area contributed by atoms with Gasteiger partial charge in [-0.1, -0.05) is 25.5 Å². The molecular formula is C10H16N4. The molecule has 76 valence electrons. The summed E-state index contributed by atoms with van der Waals surface area (Å²) in [5, 5.41) is 16.7. The summed E-state index contributed by atoms with van der Waals surface area (Å²) in [5.41, 5.74) is 1.49. The van der Waals surface area contributed by atoms with E-state index in [4.69, 9.17) is 5.26 Å². The van der Waals surface area contributed by atoms with Crippen molar-refractivity contribution in [3.63, 3.8) is 0 Å². The third kappa shape index (κ3) is 2.32. The first-order valence-corrected chi connectivity index (χ1v) is 5.15. The normalized spacial score (nSPS) is 10.1. The molecule has 0 amide bonds. The van der Waals surface area contributed by atoms with Crippen molar-refractivity contribution in [3.8, 4) is 6.07 Å². The monoisotopic (exact) mass is 192 g/mol. The molecule has 0 spiro atoms. The molecule has 0 saturated carbocycles. The van der Waals surface area contributed by atoms with Crippen molar-refractivity contribution in [1.29, 1.82) is 5.26 Å². The highest BCUT2D eigenvalue weighted by atomic mass is 15.4. The second kappa shape index (κ2) is 5.38. The molecule has 0 bridgehead atoms. The van der Waals surface area contributed by atoms with E-state index in [2.05, 4.69) is 30.2 Å². The Kier molecular flexibility index (Phi) is 4.11. The van der Waals surface area contributed by atoms with Gasteiger partial charge in [-0.25, -0.2) is 4.68 Å². The van der Waals surface area contributed by atoms with Gasteiger partial charge in [0.2, 0.25) is 0 Å². The molecular weight excluding hydrogens is 176 g/mol. The lowest BCUT2D eigenvalue weighted by Crippen LogP contribution is -2.05. The molecule has 14 heavy (non-hydrogen) atoms. The molecule has 0 radical (unpaired) electrons. The maximum absolute atomic E-state index is 8.83. The average molecular weight is 192 g/mol. The Morgan fingerprint density at radius 1 is 1.36 bits per heavy atom. The standard InChI is InChI=1S/C10H16N4/c1-3-5-6-10-9(8-11)12-13-14(10)7-4-2/h3-7H2,1-2H3. The fourth-order valence-corrected chi connectivity index (χ4v) is 1.40. The van der Waals surface area contributed by atoms with Gasteiger partial charge in [0.15, 0.2) is 5.69 Å². The molecule has 0 N–H and O–H groups in total. The minimum Gasteiger partial charge on any atom is -0.248 e. The largest absolute Gasteiger partial charge is 0.248 e. The number of unbranched alkanes of at least 4 members (excludes halogenated alkanes) is 1. The Bertz CT molecular complexity index is 321. The Balaban J connectivity index is 2.83. The van der Waals surface area contributed by atoms with Gasteiger partial charge in [0.25, 0.3) is 0 Å². The van der Waals surface area contributed by atoms with Crippen LogP contribution in [0.2, 0.25) is 0 Å². The molecule has 4 heteroatoms. The van der Waals surface area contributed by atoms with E-state index in [0.29, 0.717) is 5.69 Å². The van der Waals surface area contributed by atoms with Gasteiger partial charge >= 0.3 is 0 Å². The van der Waals surface area contributed by atoms with Crippen LogP contribution < -0.4 is 0 Å². The molecule has 0 aromatic carbocycles. The molecule has 0 fully saturated rings. The van der Waals surface area contributed by atoms with Crippen LogP contribution in [0.3, 0.4) is 0 Å². The first kappa shape index (κ1) is 10.7. The number of rotatable bonds is 5. The lowest BCUT2D eigenvalue weighted by Gasteiger charge is -2.03. The minimum atomic E-state index is 0.493. The Morgan fingerprint density at radius 3 is 2.71 bits per heavy atom. The molecule has 1 aromatic rings. The van der Waals surface area contributed by atoms with Crippen LogP contribution >= 0.6 is 0 Å². The molecule has 1 rings (SSSR count). The van der Waals surface area contributed by atoms with Gasteiger partial charge in [-0.05, 0) is 19.3 Å². The summed E-state index contributed by atoms with van der Waals surface area (Å²) in [6.45, 7) is 5.09. The smallest absolute Gasteiger partial charge is 0.185 e. The molecule has 1 heterocycles. The predicted octanol–water partition coefficient (Wildman–Crippen LogP) is 1.90. The Morgan fingerprint density at radius 2 is 2.14 bits per heavy atom. The van der Waals surface area contributed by atoms with Crippen LogP contribution in [0.1, 0.15) is 44.5 Å². The van der Waals surface area contributed by atoms with Gasteiger partial charge in [-0.15, -0.1) is 5.10 Å². The van der Waals surface area contributed by atoms with Crippen molar-refractivity contribution in [2.24, 2.45) is 0 Å². The average Bonchev–Trinajstić information content (AvgIpc) is 2.58. The van der Waals surface area contributed by atoms with Crippen LogP contribution in [-0.2, 0) is 13.0 Å². The third-order valence-electron chi connectivity index (χ3n) is 2.15. The second-order valence-electron chi connectivity index (χ2n) is 3.32. The van der Waals surface area contributed by atoms with Crippen LogP contribution in [0.4, 0.5) is 0 Å². The number of hydrogen-bond donors (Lipinski definition) is 0. The fraction of sp³-hybridized carbons (Fsp3) is 0.700. The number of hydrogen-bond acceptors (Lipinski definition) is 3. The zero-order chi connectivity index (χ0) is 10.4. The third-order valence-corrected chi connectivity index (χ3v) is 2.15.